The lowest BCUT2D eigenvalue weighted by Gasteiger charge is -2.34. The van der Waals surface area contributed by atoms with E-state index in [1.165, 1.54) is 0 Å². The summed E-state index contributed by atoms with van der Waals surface area (Å²) >= 11 is 4.91. The van der Waals surface area contributed by atoms with Crippen molar-refractivity contribution in [3.63, 3.8) is 0 Å². The quantitative estimate of drug-likeness (QED) is 0.346. The predicted molar refractivity (Wildman–Crippen MR) is 88.1 cm³/mol. The van der Waals surface area contributed by atoms with Gasteiger partial charge in [-0.25, -0.2) is 0 Å². The maximum atomic E-state index is 6.07. The zero-order valence-electron chi connectivity index (χ0n) is 13.9. The second-order valence-corrected chi connectivity index (χ2v) is 8.77. The Kier molecular flexibility index (Phi) is 9.83. The summed E-state index contributed by atoms with van der Waals surface area (Å²) in [4.78, 5) is 0. The maximum Gasteiger partial charge on any atom is 0.501 e. The molecule has 0 aliphatic carbocycles. The van der Waals surface area contributed by atoms with Gasteiger partial charge in [-0.3, -0.25) is 0 Å². The molecule has 0 atom stereocenters. The van der Waals surface area contributed by atoms with Crippen molar-refractivity contribution in [3.8, 4) is 0 Å². The third-order valence-electron chi connectivity index (χ3n) is 2.18. The molecule has 120 valence electrons. The molecule has 6 heteroatoms. The summed E-state index contributed by atoms with van der Waals surface area (Å²) in [5.74, 6) is 0. The molecule has 0 aliphatic rings. The van der Waals surface area contributed by atoms with Crippen molar-refractivity contribution < 1.29 is 18.0 Å². The van der Waals surface area contributed by atoms with Crippen molar-refractivity contribution in [2.75, 3.05) is 6.61 Å². The van der Waals surface area contributed by atoms with Gasteiger partial charge in [-0.15, -0.1) is 0 Å². The molecular weight excluding hydrogens is 292 g/mol. The molecule has 0 unspecified atom stereocenters. The molecule has 0 radical (unpaired) electrons. The fourth-order valence-electron chi connectivity index (χ4n) is 1.84. The van der Waals surface area contributed by atoms with Crippen LogP contribution in [0.25, 0.3) is 0 Å². The molecule has 20 heavy (non-hydrogen) atoms. The summed E-state index contributed by atoms with van der Waals surface area (Å²) in [5.41, 5.74) is 0. The molecule has 0 N–H and O–H groups in total. The molecule has 0 amide bonds. The number of hydrogen-bond donors (Lipinski definition) is 0. The highest BCUT2D eigenvalue weighted by atomic mass is 32.1. The molecule has 0 saturated carbocycles. The van der Waals surface area contributed by atoms with Crippen LogP contribution in [0.4, 0.5) is 0 Å². The molecular formula is C14H30O4SSi. The van der Waals surface area contributed by atoms with Crippen molar-refractivity contribution in [1.82, 2.24) is 0 Å². The number of rotatable bonds is 10. The normalized spacial score (nSPS) is 12.5. The van der Waals surface area contributed by atoms with E-state index in [-0.39, 0.29) is 18.3 Å². The molecule has 0 aromatic heterocycles. The van der Waals surface area contributed by atoms with Crippen molar-refractivity contribution in [3.05, 3.63) is 0 Å². The summed E-state index contributed by atoms with van der Waals surface area (Å²) in [5, 5.41) is 0.566. The minimum atomic E-state index is -2.68. The smallest absolute Gasteiger partial charge is 0.487 e. The Balaban J connectivity index is 4.72. The van der Waals surface area contributed by atoms with Crippen LogP contribution in [0.2, 0.25) is 6.04 Å². The Morgan fingerprint density at radius 1 is 0.900 bits per heavy atom. The van der Waals surface area contributed by atoms with Crippen LogP contribution in [0, 0.1) is 0 Å². The Morgan fingerprint density at radius 3 is 1.60 bits per heavy atom. The van der Waals surface area contributed by atoms with Crippen molar-refractivity contribution in [2.45, 2.75) is 79.2 Å². The summed E-state index contributed by atoms with van der Waals surface area (Å²) in [6, 6.07) is 0.740. The van der Waals surface area contributed by atoms with Gasteiger partial charge in [-0.05, 0) is 60.2 Å². The van der Waals surface area contributed by atoms with E-state index in [0.29, 0.717) is 11.7 Å². The highest BCUT2D eigenvalue weighted by Crippen LogP contribution is 2.23. The van der Waals surface area contributed by atoms with Crippen LogP contribution in [-0.4, -0.2) is 38.8 Å². The Labute approximate surface area is 130 Å². The lowest BCUT2D eigenvalue weighted by molar-refractivity contribution is 0.00221. The fourth-order valence-corrected chi connectivity index (χ4v) is 5.18. The summed E-state index contributed by atoms with van der Waals surface area (Å²) < 4.78 is 23.6. The van der Waals surface area contributed by atoms with Crippen molar-refractivity contribution >= 4 is 26.1 Å². The van der Waals surface area contributed by atoms with Crippen LogP contribution in [0.15, 0.2) is 0 Å². The topological polar surface area (TPSA) is 36.9 Å². The Bertz CT molecular complexity index is 256. The van der Waals surface area contributed by atoms with Crippen LogP contribution >= 0.6 is 12.2 Å². The average Bonchev–Trinajstić information content (AvgIpc) is 2.20. The van der Waals surface area contributed by atoms with Gasteiger partial charge in [0.1, 0.15) is 0 Å². The number of thiocarbonyl (C=S) groups is 1. The van der Waals surface area contributed by atoms with E-state index in [9.17, 15) is 0 Å². The second kappa shape index (κ2) is 9.84. The van der Waals surface area contributed by atoms with Gasteiger partial charge in [-0.2, -0.15) is 0 Å². The highest BCUT2D eigenvalue weighted by Gasteiger charge is 2.43. The molecule has 0 spiro atoms. The van der Waals surface area contributed by atoms with Gasteiger partial charge in [0, 0.05) is 31.3 Å². The molecule has 4 nitrogen and oxygen atoms in total. The minimum Gasteiger partial charge on any atom is -0.487 e. The SMILES string of the molecule is CC(=S)OCCC[Si](OC(C)C)(OC(C)C)OC(C)C. The largest absolute Gasteiger partial charge is 0.501 e. The number of ether oxygens (including phenoxy) is 1. The van der Waals surface area contributed by atoms with Gasteiger partial charge in [0.25, 0.3) is 0 Å². The average molecular weight is 323 g/mol. The lowest BCUT2D eigenvalue weighted by atomic mass is 10.5. The number of hydrogen-bond acceptors (Lipinski definition) is 5. The first-order chi connectivity index (χ1) is 9.17. The molecule has 0 aromatic carbocycles. The van der Waals surface area contributed by atoms with Crippen molar-refractivity contribution in [2.24, 2.45) is 0 Å². The maximum absolute atomic E-state index is 6.07. The predicted octanol–water partition coefficient (Wildman–Crippen LogP) is 3.95. The second-order valence-electron chi connectivity index (χ2n) is 5.63. The van der Waals surface area contributed by atoms with Crippen LogP contribution < -0.4 is 0 Å². The molecule has 0 heterocycles. The third kappa shape index (κ3) is 9.82. The lowest BCUT2D eigenvalue weighted by Crippen LogP contribution is -2.50. The molecule has 0 rings (SSSR count). The molecule has 0 saturated heterocycles. The van der Waals surface area contributed by atoms with E-state index in [4.69, 9.17) is 30.2 Å². The van der Waals surface area contributed by atoms with Gasteiger partial charge in [0.05, 0.1) is 6.61 Å². The van der Waals surface area contributed by atoms with E-state index in [0.717, 1.165) is 12.5 Å². The highest BCUT2D eigenvalue weighted by molar-refractivity contribution is 7.80. The van der Waals surface area contributed by atoms with Gasteiger partial charge in [0.2, 0.25) is 0 Å². The first-order valence-corrected chi connectivity index (χ1v) is 9.67. The van der Waals surface area contributed by atoms with E-state index >= 15 is 0 Å². The van der Waals surface area contributed by atoms with Crippen LogP contribution in [-0.2, 0) is 18.0 Å². The molecule has 0 aromatic rings. The van der Waals surface area contributed by atoms with E-state index in [2.05, 4.69) is 0 Å². The molecule has 0 aliphatic heterocycles. The van der Waals surface area contributed by atoms with Gasteiger partial charge >= 0.3 is 8.80 Å². The van der Waals surface area contributed by atoms with Crippen LogP contribution in [0.3, 0.4) is 0 Å². The first kappa shape index (κ1) is 20.0. The Morgan fingerprint density at radius 2 is 1.30 bits per heavy atom. The molecule has 0 fully saturated rings. The monoisotopic (exact) mass is 322 g/mol. The van der Waals surface area contributed by atoms with Crippen LogP contribution in [0.1, 0.15) is 54.9 Å². The van der Waals surface area contributed by atoms with Gasteiger partial charge in [0.15, 0.2) is 5.05 Å². The van der Waals surface area contributed by atoms with Gasteiger partial charge < -0.3 is 18.0 Å². The molecule has 0 bridgehead atoms. The third-order valence-corrected chi connectivity index (χ3v) is 5.75. The summed E-state index contributed by atoms with van der Waals surface area (Å²) in [6.45, 7) is 14.4. The minimum absolute atomic E-state index is 0.0762. The van der Waals surface area contributed by atoms with Crippen LogP contribution in [0.5, 0.6) is 0 Å². The zero-order valence-corrected chi connectivity index (χ0v) is 15.7. The van der Waals surface area contributed by atoms with Crippen molar-refractivity contribution in [1.29, 1.82) is 0 Å². The van der Waals surface area contributed by atoms with E-state index in [1.54, 1.807) is 6.92 Å². The Hall–Kier alpha value is -0.0131. The van der Waals surface area contributed by atoms with Gasteiger partial charge in [-0.1, -0.05) is 0 Å². The van der Waals surface area contributed by atoms with E-state index < -0.39 is 8.80 Å². The first-order valence-electron chi connectivity index (χ1n) is 7.33. The summed E-state index contributed by atoms with van der Waals surface area (Å²) in [7, 11) is -2.68. The standard InChI is InChI=1S/C14H30O4SSi/c1-11(2)16-20(17-12(3)4,18-13(5)6)10-8-9-15-14(7)19/h11-13H,8-10H2,1-7H3. The zero-order chi connectivity index (χ0) is 15.8. The fraction of sp³-hybridized carbons (Fsp3) is 0.929. The van der Waals surface area contributed by atoms with E-state index in [1.807, 2.05) is 41.5 Å². The summed E-state index contributed by atoms with van der Waals surface area (Å²) in [6.07, 6.45) is 1.04.